The number of alkyl halides is 3. The third-order valence-electron chi connectivity index (χ3n) is 4.60. The van der Waals surface area contributed by atoms with Gasteiger partial charge in [0.1, 0.15) is 11.9 Å². The summed E-state index contributed by atoms with van der Waals surface area (Å²) in [6.45, 7) is 1.16. The molecular weight excluding hydrogens is 425 g/mol. The Bertz CT molecular complexity index is 1180. The maximum Gasteiger partial charge on any atom is 0.573 e. The number of aromatic nitrogens is 2. The SMILES string of the molecule is NS(=O)(=O)c1ccc2nc(N3CCOC(c4cccc(OC(F)(F)F)c4)C3)[nH]c2c1. The van der Waals surface area contributed by atoms with Gasteiger partial charge in [-0.2, -0.15) is 0 Å². The molecule has 3 aromatic rings. The Labute approximate surface area is 169 Å². The summed E-state index contributed by atoms with van der Waals surface area (Å²) < 4.78 is 70.2. The fourth-order valence-electron chi connectivity index (χ4n) is 3.26. The van der Waals surface area contributed by atoms with Crippen LogP contribution in [0.2, 0.25) is 0 Å². The normalized spacial score (nSPS) is 18.0. The summed E-state index contributed by atoms with van der Waals surface area (Å²) >= 11 is 0. The lowest BCUT2D eigenvalue weighted by atomic mass is 10.1. The van der Waals surface area contributed by atoms with Crippen LogP contribution in [0.5, 0.6) is 5.75 Å². The second-order valence-electron chi connectivity index (χ2n) is 6.71. The Kier molecular flexibility index (Phi) is 5.08. The maximum atomic E-state index is 12.5. The summed E-state index contributed by atoms with van der Waals surface area (Å²) in [6.07, 6.45) is -5.27. The lowest BCUT2D eigenvalue weighted by molar-refractivity contribution is -0.274. The van der Waals surface area contributed by atoms with Crippen LogP contribution in [0.4, 0.5) is 19.1 Å². The van der Waals surface area contributed by atoms with Crippen molar-refractivity contribution in [1.82, 2.24) is 9.97 Å². The highest BCUT2D eigenvalue weighted by Crippen LogP contribution is 2.30. The number of fused-ring (bicyclic) bond motifs is 1. The van der Waals surface area contributed by atoms with Gasteiger partial charge in [0.15, 0.2) is 0 Å². The Hall–Kier alpha value is -2.83. The van der Waals surface area contributed by atoms with E-state index in [9.17, 15) is 21.6 Å². The summed E-state index contributed by atoms with van der Waals surface area (Å²) in [6, 6.07) is 9.96. The monoisotopic (exact) mass is 442 g/mol. The molecule has 160 valence electrons. The van der Waals surface area contributed by atoms with Crippen molar-refractivity contribution in [3.05, 3.63) is 48.0 Å². The zero-order chi connectivity index (χ0) is 21.5. The topological polar surface area (TPSA) is 111 Å². The number of sulfonamides is 1. The molecule has 2 aromatic carbocycles. The Morgan fingerprint density at radius 2 is 2.03 bits per heavy atom. The minimum Gasteiger partial charge on any atom is -0.406 e. The lowest BCUT2D eigenvalue weighted by Gasteiger charge is -2.33. The fraction of sp³-hybridized carbons (Fsp3) is 0.278. The number of aromatic amines is 1. The fourth-order valence-corrected chi connectivity index (χ4v) is 3.80. The molecule has 0 radical (unpaired) electrons. The molecule has 3 N–H and O–H groups in total. The molecule has 0 amide bonds. The van der Waals surface area contributed by atoms with E-state index in [-0.39, 0.29) is 10.6 Å². The van der Waals surface area contributed by atoms with Crippen molar-refractivity contribution in [3.63, 3.8) is 0 Å². The molecule has 8 nitrogen and oxygen atoms in total. The number of nitrogens with two attached hydrogens (primary N) is 1. The second kappa shape index (κ2) is 7.45. The zero-order valence-electron chi connectivity index (χ0n) is 15.4. The Balaban J connectivity index is 1.56. The van der Waals surface area contributed by atoms with E-state index in [1.807, 2.05) is 4.90 Å². The highest BCUT2D eigenvalue weighted by molar-refractivity contribution is 7.89. The molecule has 1 aliphatic heterocycles. The zero-order valence-corrected chi connectivity index (χ0v) is 16.2. The summed E-state index contributed by atoms with van der Waals surface area (Å²) in [5.41, 5.74) is 1.59. The molecule has 0 aliphatic carbocycles. The number of hydrogen-bond donors (Lipinski definition) is 2. The van der Waals surface area contributed by atoms with Crippen molar-refractivity contribution in [1.29, 1.82) is 0 Å². The molecule has 0 spiro atoms. The number of rotatable bonds is 4. The van der Waals surface area contributed by atoms with Gasteiger partial charge in [-0.05, 0) is 35.9 Å². The van der Waals surface area contributed by atoms with Crippen molar-refractivity contribution in [3.8, 4) is 5.75 Å². The van der Waals surface area contributed by atoms with Crippen LogP contribution in [0.25, 0.3) is 11.0 Å². The number of imidazole rings is 1. The number of primary sulfonamides is 1. The summed E-state index contributed by atoms with van der Waals surface area (Å²) in [5, 5.41) is 5.16. The van der Waals surface area contributed by atoms with E-state index >= 15 is 0 Å². The summed E-state index contributed by atoms with van der Waals surface area (Å²) in [7, 11) is -3.85. The summed E-state index contributed by atoms with van der Waals surface area (Å²) in [5.74, 6) is 0.174. The van der Waals surface area contributed by atoms with Crippen LogP contribution in [0.3, 0.4) is 0 Å². The van der Waals surface area contributed by atoms with Crippen LogP contribution in [-0.4, -0.2) is 44.4 Å². The van der Waals surface area contributed by atoms with E-state index in [0.29, 0.717) is 42.2 Å². The number of hydrogen-bond acceptors (Lipinski definition) is 6. The first-order chi connectivity index (χ1) is 14.1. The van der Waals surface area contributed by atoms with Gasteiger partial charge >= 0.3 is 6.36 Å². The number of benzene rings is 2. The van der Waals surface area contributed by atoms with E-state index in [1.165, 1.54) is 30.3 Å². The molecule has 1 aliphatic rings. The first-order valence-corrected chi connectivity index (χ1v) is 10.4. The quantitative estimate of drug-likeness (QED) is 0.643. The van der Waals surface area contributed by atoms with Gasteiger partial charge in [-0.25, -0.2) is 18.5 Å². The third-order valence-corrected chi connectivity index (χ3v) is 5.51. The van der Waals surface area contributed by atoms with Crippen LogP contribution in [0.15, 0.2) is 47.4 Å². The van der Waals surface area contributed by atoms with Gasteiger partial charge in [-0.3, -0.25) is 0 Å². The predicted octanol–water partition coefficient (Wildman–Crippen LogP) is 2.69. The number of ether oxygens (including phenoxy) is 2. The van der Waals surface area contributed by atoms with Gasteiger partial charge < -0.3 is 19.4 Å². The van der Waals surface area contributed by atoms with Crippen molar-refractivity contribution in [2.45, 2.75) is 17.4 Å². The van der Waals surface area contributed by atoms with Crippen LogP contribution in [0, 0.1) is 0 Å². The molecule has 12 heteroatoms. The number of morpholine rings is 1. The molecule has 30 heavy (non-hydrogen) atoms. The maximum absolute atomic E-state index is 12.5. The van der Waals surface area contributed by atoms with Gasteiger partial charge in [0.05, 0.1) is 29.1 Å². The van der Waals surface area contributed by atoms with Crippen LogP contribution in [0.1, 0.15) is 11.7 Å². The van der Waals surface area contributed by atoms with E-state index < -0.39 is 22.5 Å². The summed E-state index contributed by atoms with van der Waals surface area (Å²) in [4.78, 5) is 9.36. The van der Waals surface area contributed by atoms with Gasteiger partial charge in [-0.15, -0.1) is 13.2 Å². The van der Waals surface area contributed by atoms with E-state index in [1.54, 1.807) is 12.1 Å². The Morgan fingerprint density at radius 1 is 1.23 bits per heavy atom. The molecular formula is C18H17F3N4O4S. The van der Waals surface area contributed by atoms with Crippen LogP contribution >= 0.6 is 0 Å². The van der Waals surface area contributed by atoms with Gasteiger partial charge in [0.2, 0.25) is 16.0 Å². The minimum absolute atomic E-state index is 0.0356. The molecule has 0 saturated carbocycles. The largest absolute Gasteiger partial charge is 0.573 e. The number of nitrogens with zero attached hydrogens (tertiary/aromatic N) is 2. The molecule has 2 heterocycles. The van der Waals surface area contributed by atoms with E-state index in [4.69, 9.17) is 9.88 Å². The van der Waals surface area contributed by atoms with Crippen molar-refractivity contribution in [2.24, 2.45) is 5.14 Å². The van der Waals surface area contributed by atoms with Crippen molar-refractivity contribution < 1.29 is 31.1 Å². The molecule has 1 aromatic heterocycles. The lowest BCUT2D eigenvalue weighted by Crippen LogP contribution is -2.39. The number of halogens is 3. The molecule has 1 saturated heterocycles. The number of nitrogens with one attached hydrogen (secondary N) is 1. The molecule has 1 atom stereocenters. The Morgan fingerprint density at radius 3 is 2.77 bits per heavy atom. The van der Waals surface area contributed by atoms with E-state index in [2.05, 4.69) is 14.7 Å². The standard InChI is InChI=1S/C18H17F3N4O4S/c19-18(20,21)29-12-3-1-2-11(8-12)16-10-25(6-7-28-16)17-23-14-5-4-13(30(22,26)27)9-15(14)24-17/h1-5,8-9,16H,6-7,10H2,(H,23,24)(H2,22,26,27). The van der Waals surface area contributed by atoms with Crippen molar-refractivity contribution in [2.75, 3.05) is 24.6 Å². The smallest absolute Gasteiger partial charge is 0.406 e. The van der Waals surface area contributed by atoms with Gasteiger partial charge in [0, 0.05) is 6.54 Å². The molecule has 0 bridgehead atoms. The molecule has 4 rings (SSSR count). The first kappa shape index (κ1) is 20.4. The molecule has 1 fully saturated rings. The second-order valence-corrected chi connectivity index (χ2v) is 8.27. The predicted molar refractivity (Wildman–Crippen MR) is 101 cm³/mol. The van der Waals surface area contributed by atoms with Crippen molar-refractivity contribution >= 4 is 27.0 Å². The average molecular weight is 442 g/mol. The van der Waals surface area contributed by atoms with Gasteiger partial charge in [-0.1, -0.05) is 12.1 Å². The third kappa shape index (κ3) is 4.50. The van der Waals surface area contributed by atoms with Crippen LogP contribution in [-0.2, 0) is 14.8 Å². The van der Waals surface area contributed by atoms with Gasteiger partial charge in [0.25, 0.3) is 0 Å². The first-order valence-electron chi connectivity index (χ1n) is 8.83. The average Bonchev–Trinajstić information content (AvgIpc) is 3.10. The number of anilines is 1. The minimum atomic E-state index is -4.78. The van der Waals surface area contributed by atoms with Crippen LogP contribution < -0.4 is 14.8 Å². The highest BCUT2D eigenvalue weighted by atomic mass is 32.2. The van der Waals surface area contributed by atoms with E-state index in [0.717, 1.165) is 0 Å². The highest BCUT2D eigenvalue weighted by Gasteiger charge is 2.32. The molecule has 1 unspecified atom stereocenters. The number of H-pyrrole nitrogens is 1.